The largest absolute Gasteiger partial charge is 0.671 e. The summed E-state index contributed by atoms with van der Waals surface area (Å²) in [7, 11) is 12.6. The monoisotopic (exact) mass is 902 g/mol. The van der Waals surface area contributed by atoms with Crippen LogP contribution < -0.4 is 0 Å². The summed E-state index contributed by atoms with van der Waals surface area (Å²) in [5, 5.41) is 22.2. The first kappa shape index (κ1) is 45.3. The van der Waals surface area contributed by atoms with Gasteiger partial charge in [0.2, 0.25) is 0 Å². The van der Waals surface area contributed by atoms with Crippen molar-refractivity contribution in [3.63, 3.8) is 0 Å². The van der Waals surface area contributed by atoms with E-state index in [1.165, 1.54) is 38.2 Å². The summed E-state index contributed by atoms with van der Waals surface area (Å²) in [6.07, 6.45) is 2.94. The number of imidazole rings is 1. The van der Waals surface area contributed by atoms with Crippen LogP contribution in [0.1, 0.15) is 80.8 Å². The molecule has 5 aromatic carbocycles. The van der Waals surface area contributed by atoms with E-state index in [9.17, 15) is 0 Å². The number of para-hydroxylation sites is 2. The number of benzene rings is 5. The standard InChI is InChI=1S/C41H40N3O.3C2H6N.Hf/c1-7-35-38(33-19-12-13-22-36(33)45-35)34-24-44(6)41(42-34)40(43-39-29(25(2)3)20-14-21-30(39)26(4)5)37-31-17-10-8-15-27(31)23-28-16-9-11-18-32(28)37;3*1-3-2;/h8-26,40H,7H2,1-6H3;3*1-2H3;/q4*-1;. The second-order valence-corrected chi connectivity index (χ2v) is 14.0. The minimum Gasteiger partial charge on any atom is -0.671 e. The zero-order valence-corrected chi connectivity index (χ0v) is 38.4. The van der Waals surface area contributed by atoms with Crippen molar-refractivity contribution in [3.8, 4) is 11.3 Å². The Balaban J connectivity index is 0.000000743. The van der Waals surface area contributed by atoms with Crippen LogP contribution in [0.4, 0.5) is 5.69 Å². The Bertz CT molecular complexity index is 2150. The Morgan fingerprint density at radius 3 is 1.62 bits per heavy atom. The molecule has 0 saturated heterocycles. The molecule has 0 radical (unpaired) electrons. The normalized spacial score (nSPS) is 11.3. The van der Waals surface area contributed by atoms with Crippen molar-refractivity contribution in [3.05, 3.63) is 153 Å². The van der Waals surface area contributed by atoms with E-state index in [2.05, 4.69) is 153 Å². The topological polar surface area (TPSA) is 87.4 Å². The second-order valence-electron chi connectivity index (χ2n) is 14.0. The van der Waals surface area contributed by atoms with Crippen molar-refractivity contribution in [1.82, 2.24) is 9.55 Å². The zero-order chi connectivity index (χ0) is 39.4. The predicted molar refractivity (Wildman–Crippen MR) is 234 cm³/mol. The van der Waals surface area contributed by atoms with Crippen molar-refractivity contribution >= 4 is 38.2 Å². The molecule has 8 heteroatoms. The summed E-state index contributed by atoms with van der Waals surface area (Å²) < 4.78 is 8.49. The summed E-state index contributed by atoms with van der Waals surface area (Å²) in [5.41, 5.74) is 7.67. The quantitative estimate of drug-likeness (QED) is 0.112. The molecule has 0 saturated carbocycles. The van der Waals surface area contributed by atoms with E-state index < -0.39 is 0 Å². The van der Waals surface area contributed by atoms with E-state index >= 15 is 0 Å². The first-order valence-electron chi connectivity index (χ1n) is 18.8. The number of rotatable bonds is 8. The van der Waals surface area contributed by atoms with Gasteiger partial charge in [0.1, 0.15) is 11.3 Å². The Morgan fingerprint density at radius 1 is 0.655 bits per heavy atom. The van der Waals surface area contributed by atoms with Gasteiger partial charge >= 0.3 is 0 Å². The van der Waals surface area contributed by atoms with Gasteiger partial charge in [0.15, 0.2) is 0 Å². The predicted octanol–water partition coefficient (Wildman–Crippen LogP) is 13.6. The molecule has 0 spiro atoms. The molecule has 0 N–H and O–H groups in total. The number of nitrogens with zero attached hydrogens (tertiary/aromatic N) is 6. The molecule has 0 bridgehead atoms. The number of hydrogen-bond donors (Lipinski definition) is 0. The molecule has 0 fully saturated rings. The van der Waals surface area contributed by atoms with Gasteiger partial charge < -0.3 is 30.3 Å². The van der Waals surface area contributed by atoms with Crippen LogP contribution in [0, 0.1) is 0 Å². The molecule has 0 amide bonds. The summed E-state index contributed by atoms with van der Waals surface area (Å²) in [4.78, 5) is 5.46. The van der Waals surface area contributed by atoms with Crippen molar-refractivity contribution in [1.29, 1.82) is 0 Å². The molecule has 1 unspecified atom stereocenters. The molecular weight excluding hydrogens is 843 g/mol. The van der Waals surface area contributed by atoms with Crippen LogP contribution >= 0.6 is 0 Å². The van der Waals surface area contributed by atoms with E-state index in [4.69, 9.17) is 14.7 Å². The van der Waals surface area contributed by atoms with Crippen molar-refractivity contribution < 1.29 is 30.3 Å². The first-order valence-corrected chi connectivity index (χ1v) is 18.8. The van der Waals surface area contributed by atoms with Crippen molar-refractivity contribution in [2.75, 3.05) is 42.3 Å². The molecule has 1 atom stereocenters. The van der Waals surface area contributed by atoms with Gasteiger partial charge in [0, 0.05) is 50.9 Å². The number of aromatic nitrogens is 2. The summed E-state index contributed by atoms with van der Waals surface area (Å²) in [6, 6.07) is 34.3. The molecule has 2 aromatic heterocycles. The van der Waals surface area contributed by atoms with Gasteiger partial charge in [-0.05, 0) is 57.1 Å². The molecule has 0 aliphatic rings. The van der Waals surface area contributed by atoms with Crippen molar-refractivity contribution in [2.45, 2.75) is 58.9 Å². The van der Waals surface area contributed by atoms with Crippen LogP contribution in [-0.4, -0.2) is 51.8 Å². The second kappa shape index (κ2) is 21.9. The van der Waals surface area contributed by atoms with Crippen LogP contribution in [0.15, 0.2) is 108 Å². The minimum atomic E-state index is -0.347. The molecular formula is C47H58HfN6O-4. The van der Waals surface area contributed by atoms with Crippen LogP contribution in [0.5, 0.6) is 0 Å². The van der Waals surface area contributed by atoms with Crippen LogP contribution in [0.3, 0.4) is 0 Å². The number of fused-ring (bicyclic) bond motifs is 3. The molecule has 7 rings (SSSR count). The van der Waals surface area contributed by atoms with E-state index in [0.717, 1.165) is 45.9 Å². The molecule has 2 heterocycles. The molecule has 7 nitrogen and oxygen atoms in total. The fourth-order valence-corrected chi connectivity index (χ4v) is 6.87. The SMILES string of the molecule is CCc1oc2ccccc2c1-c1cn(C)c(C([N-]c2c(C(C)C)cccc2C(C)C)c2c3ccccc3cc3ccccc23)n1.C[N-]C.C[N-]C.C[N-]C.[Hf]. The third kappa shape index (κ3) is 10.4. The smallest absolute Gasteiger partial charge is 0.134 e. The minimum absolute atomic E-state index is 0. The average Bonchev–Trinajstić information content (AvgIpc) is 3.73. The van der Waals surface area contributed by atoms with Crippen LogP contribution in [0.2, 0.25) is 0 Å². The van der Waals surface area contributed by atoms with Gasteiger partial charge in [-0.1, -0.05) is 131 Å². The van der Waals surface area contributed by atoms with Crippen molar-refractivity contribution in [2.24, 2.45) is 7.05 Å². The van der Waals surface area contributed by atoms with Gasteiger partial charge in [0.05, 0.1) is 17.1 Å². The number of furan rings is 1. The Kier molecular flexibility index (Phi) is 18.0. The molecule has 0 aliphatic heterocycles. The molecule has 290 valence electrons. The Hall–Kier alpha value is -4.08. The fraction of sp³-hybridized carbons (Fsp3) is 0.340. The average molecular weight is 902 g/mol. The van der Waals surface area contributed by atoms with Gasteiger partial charge in [-0.15, -0.1) is 5.69 Å². The third-order valence-corrected chi connectivity index (χ3v) is 9.09. The summed E-state index contributed by atoms with van der Waals surface area (Å²) in [5.74, 6) is 2.52. The first-order chi connectivity index (χ1) is 26.1. The Morgan fingerprint density at radius 2 is 1.13 bits per heavy atom. The van der Waals surface area contributed by atoms with Gasteiger partial charge in [0.25, 0.3) is 0 Å². The zero-order valence-electron chi connectivity index (χ0n) is 34.8. The molecule has 7 aromatic rings. The maximum Gasteiger partial charge on any atom is 0.134 e. The van der Waals surface area contributed by atoms with E-state index in [-0.39, 0.29) is 31.9 Å². The molecule has 0 aliphatic carbocycles. The number of hydrogen-bond acceptors (Lipinski definition) is 2. The maximum absolute atomic E-state index is 6.32. The fourth-order valence-electron chi connectivity index (χ4n) is 6.87. The van der Waals surface area contributed by atoms with Crippen LogP contribution in [0.25, 0.3) is 65.0 Å². The summed E-state index contributed by atoms with van der Waals surface area (Å²) in [6.45, 7) is 11.2. The van der Waals surface area contributed by atoms with E-state index in [1.807, 2.05) is 12.1 Å². The summed E-state index contributed by atoms with van der Waals surface area (Å²) >= 11 is 0. The maximum atomic E-state index is 6.32. The number of aryl methyl sites for hydroxylation is 2. The van der Waals surface area contributed by atoms with Gasteiger partial charge in [-0.2, -0.15) is 42.3 Å². The Labute approximate surface area is 348 Å². The van der Waals surface area contributed by atoms with Gasteiger partial charge in [-0.25, -0.2) is 4.98 Å². The third-order valence-electron chi connectivity index (χ3n) is 9.09. The van der Waals surface area contributed by atoms with Gasteiger partial charge in [-0.3, -0.25) is 0 Å². The van der Waals surface area contributed by atoms with E-state index in [0.29, 0.717) is 11.8 Å². The molecule has 55 heavy (non-hydrogen) atoms. The van der Waals surface area contributed by atoms with E-state index in [1.54, 1.807) is 42.3 Å². The van der Waals surface area contributed by atoms with Crippen LogP contribution in [-0.2, 0) is 39.3 Å².